The Hall–Kier alpha value is -3.69. The molecule has 0 aliphatic carbocycles. The van der Waals surface area contributed by atoms with Gasteiger partial charge in [-0.3, -0.25) is 9.52 Å². The van der Waals surface area contributed by atoms with Crippen molar-refractivity contribution in [1.82, 2.24) is 9.21 Å². The number of fused-ring (bicyclic) bond motifs is 1. The van der Waals surface area contributed by atoms with Gasteiger partial charge in [-0.15, -0.1) is 0 Å². The van der Waals surface area contributed by atoms with Crippen LogP contribution in [-0.4, -0.2) is 95.8 Å². The van der Waals surface area contributed by atoms with Gasteiger partial charge in [0.2, 0.25) is 10.0 Å². The first-order valence-corrected chi connectivity index (χ1v) is 19.6. The highest BCUT2D eigenvalue weighted by Gasteiger charge is 2.32. The Bertz CT molecular complexity index is 1800. The van der Waals surface area contributed by atoms with Gasteiger partial charge in [-0.05, 0) is 94.6 Å². The van der Waals surface area contributed by atoms with E-state index in [1.807, 2.05) is 20.8 Å². The summed E-state index contributed by atoms with van der Waals surface area (Å²) in [5, 5.41) is 10.2. The van der Waals surface area contributed by atoms with Crippen molar-refractivity contribution in [2.24, 2.45) is 5.92 Å². The highest BCUT2D eigenvalue weighted by atomic mass is 32.2. The van der Waals surface area contributed by atoms with Crippen LogP contribution in [0, 0.1) is 12.8 Å². The number of rotatable bonds is 10. The lowest BCUT2D eigenvalue weighted by Gasteiger charge is -2.35. The molecule has 0 bridgehead atoms. The average molecular weight is 732 g/mol. The van der Waals surface area contributed by atoms with Crippen LogP contribution in [0.2, 0.25) is 0 Å². The van der Waals surface area contributed by atoms with Crippen molar-refractivity contribution in [3.05, 3.63) is 77.9 Å². The minimum atomic E-state index is -4.02. The zero-order chi connectivity index (χ0) is 36.6. The van der Waals surface area contributed by atoms with E-state index in [9.17, 15) is 26.7 Å². The van der Waals surface area contributed by atoms with Crippen LogP contribution < -0.4 is 14.2 Å². The summed E-state index contributed by atoms with van der Waals surface area (Å²) in [4.78, 5) is 16.1. The summed E-state index contributed by atoms with van der Waals surface area (Å²) in [7, 11) is -4.84. The third-order valence-electron chi connectivity index (χ3n) is 8.84. The lowest BCUT2D eigenvalue weighted by atomic mass is 10.0. The molecule has 12 nitrogen and oxygen atoms in total. The van der Waals surface area contributed by atoms with Gasteiger partial charge >= 0.3 is 0 Å². The van der Waals surface area contributed by atoms with Crippen LogP contribution in [0.3, 0.4) is 0 Å². The van der Waals surface area contributed by atoms with Gasteiger partial charge in [0.05, 0.1) is 47.3 Å². The molecule has 1 aliphatic heterocycles. The lowest BCUT2D eigenvalue weighted by Crippen LogP contribution is -2.48. The number of nitrogens with one attached hydrogen (secondary N) is 1. The molecular weight excluding hydrogens is 683 g/mol. The summed E-state index contributed by atoms with van der Waals surface area (Å²) < 4.78 is 75.0. The zero-order valence-corrected chi connectivity index (χ0v) is 31.2. The standard InChI is InChI=1S/C36H49N3O9S2/c1-25-10-15-32(16-11-25)50(44,45)38(5)23-35-26(2)22-39(27(3)24-40)36(41)33-21-29(12-19-34(33)48-28(4)9-7-8-20-47-35)37-49(42,43)31-17-13-30(46-6)14-18-31/h10-19,21,26-28,35,37,40H,7-9,20,22-24H2,1-6H3/t26-,27-,28-,35-/m1/s1. The van der Waals surface area contributed by atoms with E-state index in [0.717, 1.165) is 12.0 Å². The molecule has 0 unspecified atom stereocenters. The molecule has 1 heterocycles. The fraction of sp³-hybridized carbons (Fsp3) is 0.472. The molecular formula is C36H49N3O9S2. The number of aryl methyl sites for hydroxylation is 1. The van der Waals surface area contributed by atoms with Crippen LogP contribution in [0.1, 0.15) is 56.0 Å². The maximum Gasteiger partial charge on any atom is 0.261 e. The van der Waals surface area contributed by atoms with E-state index in [0.29, 0.717) is 25.2 Å². The third-order valence-corrected chi connectivity index (χ3v) is 12.1. The molecule has 1 amide bonds. The van der Waals surface area contributed by atoms with Gasteiger partial charge in [0.1, 0.15) is 11.5 Å². The van der Waals surface area contributed by atoms with Crippen LogP contribution >= 0.6 is 0 Å². The fourth-order valence-electron chi connectivity index (χ4n) is 5.66. The average Bonchev–Trinajstić information content (AvgIpc) is 3.09. The van der Waals surface area contributed by atoms with E-state index in [1.54, 1.807) is 55.5 Å². The molecule has 4 atom stereocenters. The van der Waals surface area contributed by atoms with Crippen LogP contribution in [0.4, 0.5) is 5.69 Å². The normalized spacial score (nSPS) is 20.4. The molecule has 50 heavy (non-hydrogen) atoms. The Morgan fingerprint density at radius 2 is 1.66 bits per heavy atom. The zero-order valence-electron chi connectivity index (χ0n) is 29.5. The van der Waals surface area contributed by atoms with E-state index < -0.39 is 38.1 Å². The lowest BCUT2D eigenvalue weighted by molar-refractivity contribution is -0.00833. The molecule has 1 aliphatic rings. The van der Waals surface area contributed by atoms with E-state index in [-0.39, 0.29) is 58.5 Å². The first-order chi connectivity index (χ1) is 23.7. The van der Waals surface area contributed by atoms with Gasteiger partial charge < -0.3 is 24.2 Å². The summed E-state index contributed by atoms with van der Waals surface area (Å²) in [6.07, 6.45) is 1.26. The number of hydrogen-bond acceptors (Lipinski definition) is 9. The summed E-state index contributed by atoms with van der Waals surface area (Å²) >= 11 is 0. The molecule has 0 saturated heterocycles. The number of amides is 1. The molecule has 4 rings (SSSR count). The Balaban J connectivity index is 1.67. The van der Waals surface area contributed by atoms with Gasteiger partial charge in [-0.25, -0.2) is 16.8 Å². The number of ether oxygens (including phenoxy) is 3. The topological polar surface area (TPSA) is 152 Å². The number of aliphatic hydroxyl groups excluding tert-OH is 1. The summed E-state index contributed by atoms with van der Waals surface area (Å²) in [5.41, 5.74) is 1.22. The number of aliphatic hydroxyl groups is 1. The number of benzene rings is 3. The van der Waals surface area contributed by atoms with Crippen molar-refractivity contribution in [2.75, 3.05) is 45.2 Å². The van der Waals surface area contributed by atoms with Crippen molar-refractivity contribution < 1.29 is 40.9 Å². The van der Waals surface area contributed by atoms with Crippen molar-refractivity contribution in [2.45, 2.75) is 75.0 Å². The van der Waals surface area contributed by atoms with Crippen LogP contribution in [0.15, 0.2) is 76.5 Å². The predicted molar refractivity (Wildman–Crippen MR) is 192 cm³/mol. The second-order valence-corrected chi connectivity index (χ2v) is 16.6. The van der Waals surface area contributed by atoms with Crippen molar-refractivity contribution in [3.63, 3.8) is 0 Å². The summed E-state index contributed by atoms with van der Waals surface area (Å²) in [6, 6.07) is 16.5. The van der Waals surface area contributed by atoms with E-state index in [1.165, 1.54) is 41.6 Å². The highest BCUT2D eigenvalue weighted by molar-refractivity contribution is 7.92. The predicted octanol–water partition coefficient (Wildman–Crippen LogP) is 4.92. The van der Waals surface area contributed by atoms with E-state index in [4.69, 9.17) is 14.2 Å². The monoisotopic (exact) mass is 731 g/mol. The van der Waals surface area contributed by atoms with Gasteiger partial charge in [-0.2, -0.15) is 4.31 Å². The van der Waals surface area contributed by atoms with Crippen LogP contribution in [0.5, 0.6) is 11.5 Å². The van der Waals surface area contributed by atoms with Crippen molar-refractivity contribution in [3.8, 4) is 11.5 Å². The minimum Gasteiger partial charge on any atom is -0.497 e. The van der Waals surface area contributed by atoms with Gasteiger partial charge in [0, 0.05) is 38.3 Å². The molecule has 2 N–H and O–H groups in total. The first kappa shape index (κ1) is 39.1. The van der Waals surface area contributed by atoms with Crippen LogP contribution in [-0.2, 0) is 24.8 Å². The molecule has 3 aromatic rings. The Kier molecular flexibility index (Phi) is 13.3. The number of methoxy groups -OCH3 is 1. The second-order valence-electron chi connectivity index (χ2n) is 12.9. The number of anilines is 1. The van der Waals surface area contributed by atoms with Crippen LogP contribution in [0.25, 0.3) is 0 Å². The molecule has 0 spiro atoms. The van der Waals surface area contributed by atoms with E-state index >= 15 is 0 Å². The SMILES string of the molecule is COc1ccc(S(=O)(=O)Nc2ccc3c(c2)C(=O)N([C@H](C)CO)C[C@@H](C)[C@@H](CN(C)S(=O)(=O)c2ccc(C)cc2)OCCCC[C@@H](C)O3)cc1. The third kappa shape index (κ3) is 9.75. The Labute approximate surface area is 296 Å². The number of sulfonamides is 2. The summed E-state index contributed by atoms with van der Waals surface area (Å²) in [6.45, 7) is 7.56. The van der Waals surface area contributed by atoms with Crippen molar-refractivity contribution >= 4 is 31.6 Å². The molecule has 0 fully saturated rings. The summed E-state index contributed by atoms with van der Waals surface area (Å²) in [5.74, 6) is -0.0627. The van der Waals surface area contributed by atoms with E-state index in [2.05, 4.69) is 4.72 Å². The molecule has 274 valence electrons. The molecule has 0 radical (unpaired) electrons. The quantitative estimate of drug-likeness (QED) is 0.296. The Morgan fingerprint density at radius 1 is 1.00 bits per heavy atom. The van der Waals surface area contributed by atoms with Gasteiger partial charge in [-0.1, -0.05) is 24.6 Å². The number of likely N-dealkylation sites (N-methyl/N-ethyl adjacent to an activating group) is 1. The molecule has 3 aromatic carbocycles. The first-order valence-electron chi connectivity index (χ1n) is 16.7. The fourth-order valence-corrected chi connectivity index (χ4v) is 7.89. The largest absolute Gasteiger partial charge is 0.497 e. The molecule has 0 saturated carbocycles. The Morgan fingerprint density at radius 3 is 2.30 bits per heavy atom. The number of carbonyl (C=O) groups is 1. The number of hydrogen-bond donors (Lipinski definition) is 2. The van der Waals surface area contributed by atoms with Gasteiger partial charge in [0.15, 0.2) is 0 Å². The maximum absolute atomic E-state index is 14.4. The second kappa shape index (κ2) is 17.0. The number of carbonyl (C=O) groups excluding carboxylic acids is 1. The molecule has 14 heteroatoms. The molecule has 0 aromatic heterocycles. The highest BCUT2D eigenvalue weighted by Crippen LogP contribution is 2.30. The minimum absolute atomic E-state index is 0.0133. The maximum atomic E-state index is 14.4. The van der Waals surface area contributed by atoms with Crippen molar-refractivity contribution in [1.29, 1.82) is 0 Å². The van der Waals surface area contributed by atoms with Gasteiger partial charge in [0.25, 0.3) is 15.9 Å². The number of nitrogens with zero attached hydrogens (tertiary/aromatic N) is 2. The smallest absolute Gasteiger partial charge is 0.261 e.